The van der Waals surface area contributed by atoms with Gasteiger partial charge in [-0.2, -0.15) is 0 Å². The Morgan fingerprint density at radius 1 is 1.64 bits per heavy atom. The highest BCUT2D eigenvalue weighted by atomic mass is 16.1. The van der Waals surface area contributed by atoms with E-state index in [2.05, 4.69) is 18.8 Å². The summed E-state index contributed by atoms with van der Waals surface area (Å²) in [6.07, 6.45) is 5.52. The number of rotatable bonds is 4. The van der Waals surface area contributed by atoms with Gasteiger partial charge in [-0.3, -0.25) is 4.79 Å². The molecule has 1 N–H and O–H groups in total. The van der Waals surface area contributed by atoms with Crippen molar-refractivity contribution in [3.05, 3.63) is 24.4 Å². The lowest BCUT2D eigenvalue weighted by Crippen LogP contribution is -2.11. The van der Waals surface area contributed by atoms with Gasteiger partial charge in [0.1, 0.15) is 0 Å². The quantitative estimate of drug-likeness (QED) is 0.615. The third-order valence-corrected chi connectivity index (χ3v) is 1.18. The third-order valence-electron chi connectivity index (χ3n) is 1.18. The smallest absolute Gasteiger partial charge is 0.220 e. The molecule has 62 valence electrons. The molecule has 11 heavy (non-hydrogen) atoms. The van der Waals surface area contributed by atoms with E-state index in [1.165, 1.54) is 6.92 Å². The highest BCUT2D eigenvalue weighted by molar-refractivity contribution is 5.73. The summed E-state index contributed by atoms with van der Waals surface area (Å²) in [5.74, 6) is -0.0504. The van der Waals surface area contributed by atoms with Gasteiger partial charge in [-0.15, -0.1) is 0 Å². The van der Waals surface area contributed by atoms with Gasteiger partial charge < -0.3 is 5.32 Å². The number of allylic oxidation sites excluding steroid dienone is 2. The molecule has 2 heteroatoms. The first-order chi connectivity index (χ1) is 5.16. The summed E-state index contributed by atoms with van der Waals surface area (Å²) in [7, 11) is 0. The molecular weight excluding hydrogens is 138 g/mol. The van der Waals surface area contributed by atoms with Gasteiger partial charge in [0, 0.05) is 13.1 Å². The van der Waals surface area contributed by atoms with Crippen molar-refractivity contribution in [1.82, 2.24) is 5.32 Å². The lowest BCUT2D eigenvalue weighted by atomic mass is 10.2. The largest absolute Gasteiger partial charge is 0.333 e. The van der Waals surface area contributed by atoms with Crippen LogP contribution in [0.25, 0.3) is 0 Å². The van der Waals surface area contributed by atoms with E-state index in [0.29, 0.717) is 0 Å². The second-order valence-electron chi connectivity index (χ2n) is 2.44. The summed E-state index contributed by atoms with van der Waals surface area (Å²) >= 11 is 0. The Kier molecular flexibility index (Phi) is 5.17. The van der Waals surface area contributed by atoms with Crippen LogP contribution in [0.3, 0.4) is 0 Å². The van der Waals surface area contributed by atoms with Crippen LogP contribution in [0, 0.1) is 0 Å². The van der Waals surface area contributed by atoms with Crippen molar-refractivity contribution in [2.75, 3.05) is 0 Å². The van der Waals surface area contributed by atoms with Crippen LogP contribution in [0.5, 0.6) is 0 Å². The summed E-state index contributed by atoms with van der Waals surface area (Å²) in [6, 6.07) is 0. The Morgan fingerprint density at radius 3 is 2.73 bits per heavy atom. The lowest BCUT2D eigenvalue weighted by Gasteiger charge is -1.95. The maximum Gasteiger partial charge on any atom is 0.220 e. The first kappa shape index (κ1) is 9.95. The number of amides is 1. The average molecular weight is 153 g/mol. The van der Waals surface area contributed by atoms with Gasteiger partial charge in [-0.1, -0.05) is 25.5 Å². The van der Waals surface area contributed by atoms with Crippen LogP contribution >= 0.6 is 0 Å². The molecule has 0 aliphatic heterocycles. The average Bonchev–Trinajstić information content (AvgIpc) is 1.87. The Morgan fingerprint density at radius 2 is 2.27 bits per heavy atom. The molecule has 0 aromatic carbocycles. The van der Waals surface area contributed by atoms with E-state index < -0.39 is 0 Å². The monoisotopic (exact) mass is 153 g/mol. The topological polar surface area (TPSA) is 29.1 Å². The van der Waals surface area contributed by atoms with E-state index in [9.17, 15) is 4.79 Å². The van der Waals surface area contributed by atoms with Crippen molar-refractivity contribution in [2.24, 2.45) is 0 Å². The van der Waals surface area contributed by atoms with Crippen molar-refractivity contribution < 1.29 is 4.79 Å². The van der Waals surface area contributed by atoms with Gasteiger partial charge in [-0.05, 0) is 12.5 Å². The van der Waals surface area contributed by atoms with Gasteiger partial charge >= 0.3 is 0 Å². The summed E-state index contributed by atoms with van der Waals surface area (Å²) in [4.78, 5) is 10.4. The fraction of sp³-hybridized carbons (Fsp3) is 0.444. The summed E-state index contributed by atoms with van der Waals surface area (Å²) < 4.78 is 0. The second kappa shape index (κ2) is 5.71. The fourth-order valence-corrected chi connectivity index (χ4v) is 0.681. The standard InChI is InChI=1S/C9H15NO/c1-4-5-8(2)6-7-10-9(3)11/h6-7H,2,4-5H2,1,3H3,(H,10,11). The van der Waals surface area contributed by atoms with Crippen LogP contribution in [0.2, 0.25) is 0 Å². The van der Waals surface area contributed by atoms with Gasteiger partial charge in [0.05, 0.1) is 0 Å². The zero-order valence-corrected chi connectivity index (χ0v) is 7.18. The summed E-state index contributed by atoms with van der Waals surface area (Å²) in [5.41, 5.74) is 1.04. The van der Waals surface area contributed by atoms with Gasteiger partial charge in [0.15, 0.2) is 0 Å². The molecule has 0 fully saturated rings. The summed E-state index contributed by atoms with van der Waals surface area (Å²) in [5, 5.41) is 2.55. The van der Waals surface area contributed by atoms with Crippen LogP contribution in [0.15, 0.2) is 24.4 Å². The first-order valence-corrected chi connectivity index (χ1v) is 3.78. The van der Waals surface area contributed by atoms with Crippen molar-refractivity contribution in [2.45, 2.75) is 26.7 Å². The molecule has 0 rings (SSSR count). The van der Waals surface area contributed by atoms with Crippen LogP contribution in [-0.4, -0.2) is 5.91 Å². The van der Waals surface area contributed by atoms with E-state index in [1.54, 1.807) is 6.20 Å². The molecule has 1 amide bonds. The third kappa shape index (κ3) is 6.84. The normalized spacial score (nSPS) is 10.0. The lowest BCUT2D eigenvalue weighted by molar-refractivity contribution is -0.118. The molecule has 0 aromatic rings. The maximum atomic E-state index is 10.4. The van der Waals surface area contributed by atoms with E-state index in [1.807, 2.05) is 6.08 Å². The predicted molar refractivity (Wildman–Crippen MR) is 47.0 cm³/mol. The Hall–Kier alpha value is -1.05. The summed E-state index contributed by atoms with van der Waals surface area (Å²) in [6.45, 7) is 7.38. The molecule has 0 atom stereocenters. The zero-order valence-electron chi connectivity index (χ0n) is 7.18. The van der Waals surface area contributed by atoms with Gasteiger partial charge in [-0.25, -0.2) is 0 Å². The van der Waals surface area contributed by atoms with Gasteiger partial charge in [0.25, 0.3) is 0 Å². The number of carbonyl (C=O) groups excluding carboxylic acids is 1. The predicted octanol–water partition coefficient (Wildman–Crippen LogP) is 1.99. The maximum absolute atomic E-state index is 10.4. The van der Waals surface area contributed by atoms with E-state index >= 15 is 0 Å². The molecule has 0 bridgehead atoms. The SMILES string of the molecule is C=C(C=CNC(C)=O)CCC. The molecule has 0 unspecified atom stereocenters. The second-order valence-corrected chi connectivity index (χ2v) is 2.44. The fourth-order valence-electron chi connectivity index (χ4n) is 0.681. The molecule has 2 nitrogen and oxygen atoms in total. The Labute approximate surface area is 68.0 Å². The van der Waals surface area contributed by atoms with Crippen LogP contribution in [-0.2, 0) is 4.79 Å². The number of carbonyl (C=O) groups is 1. The Balaban J connectivity index is 3.56. The van der Waals surface area contributed by atoms with Crippen molar-refractivity contribution >= 4 is 5.91 Å². The highest BCUT2D eigenvalue weighted by Crippen LogP contribution is 2.01. The molecule has 0 radical (unpaired) electrons. The van der Waals surface area contributed by atoms with Crippen molar-refractivity contribution in [3.8, 4) is 0 Å². The first-order valence-electron chi connectivity index (χ1n) is 3.78. The zero-order chi connectivity index (χ0) is 8.69. The van der Waals surface area contributed by atoms with Crippen molar-refractivity contribution in [3.63, 3.8) is 0 Å². The molecule has 0 spiro atoms. The molecular formula is C9H15NO. The van der Waals surface area contributed by atoms with Crippen LogP contribution < -0.4 is 5.32 Å². The molecule has 0 aliphatic carbocycles. The molecule has 0 aromatic heterocycles. The minimum Gasteiger partial charge on any atom is -0.333 e. The van der Waals surface area contributed by atoms with Crippen LogP contribution in [0.1, 0.15) is 26.7 Å². The van der Waals surface area contributed by atoms with E-state index in [0.717, 1.165) is 18.4 Å². The highest BCUT2D eigenvalue weighted by Gasteiger charge is 1.85. The van der Waals surface area contributed by atoms with Crippen LogP contribution in [0.4, 0.5) is 0 Å². The number of nitrogens with one attached hydrogen (secondary N) is 1. The van der Waals surface area contributed by atoms with Crippen molar-refractivity contribution in [1.29, 1.82) is 0 Å². The number of hydrogen-bond acceptors (Lipinski definition) is 1. The Bertz CT molecular complexity index is 170. The molecule has 0 heterocycles. The van der Waals surface area contributed by atoms with Gasteiger partial charge in [0.2, 0.25) is 5.91 Å². The molecule has 0 saturated heterocycles. The minimum absolute atomic E-state index is 0.0504. The van der Waals surface area contributed by atoms with E-state index in [-0.39, 0.29) is 5.91 Å². The molecule has 0 aliphatic rings. The molecule has 0 saturated carbocycles. The minimum atomic E-state index is -0.0504. The number of hydrogen-bond donors (Lipinski definition) is 1. The van der Waals surface area contributed by atoms with E-state index in [4.69, 9.17) is 0 Å².